The second-order valence-corrected chi connectivity index (χ2v) is 8.26. The van der Waals surface area contributed by atoms with Crippen LogP contribution in [0.3, 0.4) is 0 Å². The number of amides is 3. The predicted molar refractivity (Wildman–Crippen MR) is 108 cm³/mol. The maximum atomic E-state index is 13.0. The number of methoxy groups -OCH3 is 1. The van der Waals surface area contributed by atoms with Crippen molar-refractivity contribution in [3.05, 3.63) is 0 Å². The Morgan fingerprint density at radius 1 is 1.07 bits per heavy atom. The summed E-state index contributed by atoms with van der Waals surface area (Å²) in [5.74, 6) is 0.641. The summed E-state index contributed by atoms with van der Waals surface area (Å²) in [7, 11) is 1.46. The van der Waals surface area contributed by atoms with Crippen LogP contribution in [0.25, 0.3) is 0 Å². The molecule has 2 aliphatic rings. The van der Waals surface area contributed by atoms with Crippen LogP contribution in [0.2, 0.25) is 0 Å². The lowest BCUT2D eigenvalue weighted by Crippen LogP contribution is -2.57. The van der Waals surface area contributed by atoms with E-state index in [0.717, 1.165) is 18.8 Å². The number of rotatable bonds is 9. The molecule has 1 N–H and O–H groups in total. The maximum Gasteiger partial charge on any atom is 0.246 e. The van der Waals surface area contributed by atoms with Crippen molar-refractivity contribution in [3.63, 3.8) is 0 Å². The number of carbonyl (C=O) groups excluding carboxylic acids is 3. The normalized spacial score (nSPS) is 20.1. The molecule has 28 heavy (non-hydrogen) atoms. The minimum absolute atomic E-state index is 0.0411. The Morgan fingerprint density at radius 2 is 1.68 bits per heavy atom. The van der Waals surface area contributed by atoms with Crippen LogP contribution in [0.15, 0.2) is 0 Å². The number of hydrogen-bond acceptors (Lipinski definition) is 4. The van der Waals surface area contributed by atoms with Gasteiger partial charge < -0.3 is 19.9 Å². The zero-order valence-corrected chi connectivity index (χ0v) is 17.7. The molecule has 0 aromatic rings. The number of nitrogens with one attached hydrogen (secondary N) is 1. The molecule has 1 heterocycles. The van der Waals surface area contributed by atoms with Gasteiger partial charge in [-0.1, -0.05) is 46.0 Å². The van der Waals surface area contributed by atoms with Gasteiger partial charge in [-0.15, -0.1) is 0 Å². The first-order chi connectivity index (χ1) is 13.5. The summed E-state index contributed by atoms with van der Waals surface area (Å²) in [6.45, 7) is 6.14. The largest absolute Gasteiger partial charge is 0.375 e. The third-order valence-electron chi connectivity index (χ3n) is 6.26. The van der Waals surface area contributed by atoms with Gasteiger partial charge in [-0.3, -0.25) is 14.4 Å². The summed E-state index contributed by atoms with van der Waals surface area (Å²) in [6.07, 6.45) is 7.56. The highest BCUT2D eigenvalue weighted by Crippen LogP contribution is 2.28. The molecular formula is C21H37N3O4. The van der Waals surface area contributed by atoms with E-state index in [-0.39, 0.29) is 30.2 Å². The third kappa shape index (κ3) is 6.47. The van der Waals surface area contributed by atoms with Crippen LogP contribution >= 0.6 is 0 Å². The van der Waals surface area contributed by atoms with Gasteiger partial charge in [0.1, 0.15) is 12.6 Å². The topological polar surface area (TPSA) is 79.0 Å². The maximum absolute atomic E-state index is 13.0. The molecule has 160 valence electrons. The van der Waals surface area contributed by atoms with E-state index in [9.17, 15) is 14.4 Å². The van der Waals surface area contributed by atoms with Crippen molar-refractivity contribution in [3.8, 4) is 0 Å². The fourth-order valence-electron chi connectivity index (χ4n) is 4.19. The fourth-order valence-corrected chi connectivity index (χ4v) is 4.19. The number of piperazine rings is 1. The number of nitrogens with zero attached hydrogens (tertiary/aromatic N) is 2. The van der Waals surface area contributed by atoms with Crippen LogP contribution in [-0.2, 0) is 19.1 Å². The van der Waals surface area contributed by atoms with Crippen LogP contribution in [0, 0.1) is 11.8 Å². The van der Waals surface area contributed by atoms with Crippen molar-refractivity contribution in [2.75, 3.05) is 39.9 Å². The first-order valence-electron chi connectivity index (χ1n) is 10.8. The molecule has 1 aliphatic carbocycles. The third-order valence-corrected chi connectivity index (χ3v) is 6.26. The van der Waals surface area contributed by atoms with E-state index >= 15 is 0 Å². The number of carbonyl (C=O) groups is 3. The van der Waals surface area contributed by atoms with E-state index in [0.29, 0.717) is 32.6 Å². The van der Waals surface area contributed by atoms with Crippen LogP contribution < -0.4 is 5.32 Å². The standard InChI is InChI=1S/C21H37N3O4/c1-4-16(2)20(22-18(25)15-28-3)21(27)24-13-11-23(12-14-24)19(26)10-9-17-7-5-6-8-17/h16-17,20H,4-15H2,1-3H3,(H,22,25). The van der Waals surface area contributed by atoms with Gasteiger partial charge in [0.25, 0.3) is 0 Å². The Morgan fingerprint density at radius 3 is 2.25 bits per heavy atom. The molecule has 2 atom stereocenters. The van der Waals surface area contributed by atoms with Crippen LogP contribution in [0.1, 0.15) is 58.8 Å². The van der Waals surface area contributed by atoms with Crippen molar-refractivity contribution >= 4 is 17.7 Å². The van der Waals surface area contributed by atoms with Gasteiger partial charge in [-0.05, 0) is 18.3 Å². The molecule has 2 unspecified atom stereocenters. The zero-order chi connectivity index (χ0) is 20.5. The first-order valence-corrected chi connectivity index (χ1v) is 10.8. The van der Waals surface area contributed by atoms with E-state index in [1.165, 1.54) is 32.8 Å². The van der Waals surface area contributed by atoms with E-state index in [4.69, 9.17) is 4.74 Å². The summed E-state index contributed by atoms with van der Waals surface area (Å²) >= 11 is 0. The van der Waals surface area contributed by atoms with Gasteiger partial charge in [0.2, 0.25) is 17.7 Å². The molecule has 1 saturated carbocycles. The second kappa shape index (κ2) is 11.4. The van der Waals surface area contributed by atoms with Crippen LogP contribution in [0.5, 0.6) is 0 Å². The molecular weight excluding hydrogens is 358 g/mol. The quantitative estimate of drug-likeness (QED) is 0.646. The average molecular weight is 396 g/mol. The lowest BCUT2D eigenvalue weighted by molar-refractivity contribution is -0.143. The van der Waals surface area contributed by atoms with Gasteiger partial charge in [0.05, 0.1) is 0 Å². The Labute approximate surface area is 169 Å². The molecule has 0 aromatic heterocycles. The summed E-state index contributed by atoms with van der Waals surface area (Å²) in [6, 6.07) is -0.544. The fraction of sp³-hybridized carbons (Fsp3) is 0.857. The Balaban J connectivity index is 1.82. The zero-order valence-electron chi connectivity index (χ0n) is 17.7. The minimum Gasteiger partial charge on any atom is -0.375 e. The van der Waals surface area contributed by atoms with Crippen molar-refractivity contribution < 1.29 is 19.1 Å². The lowest BCUT2D eigenvalue weighted by atomic mass is 9.97. The molecule has 1 saturated heterocycles. The van der Waals surface area contributed by atoms with Gasteiger partial charge in [0, 0.05) is 39.7 Å². The molecule has 1 aliphatic heterocycles. The van der Waals surface area contributed by atoms with E-state index in [1.54, 1.807) is 4.90 Å². The SMILES string of the molecule is CCC(C)C(NC(=O)COC)C(=O)N1CCN(C(=O)CCC2CCCC2)CC1. The molecule has 7 heteroatoms. The van der Waals surface area contributed by atoms with E-state index in [2.05, 4.69) is 5.32 Å². The number of hydrogen-bond donors (Lipinski definition) is 1. The summed E-state index contributed by atoms with van der Waals surface area (Å²) < 4.78 is 4.86. The summed E-state index contributed by atoms with van der Waals surface area (Å²) in [4.78, 5) is 41.1. The second-order valence-electron chi connectivity index (χ2n) is 8.26. The molecule has 3 amide bonds. The minimum atomic E-state index is -0.544. The van der Waals surface area contributed by atoms with Crippen LogP contribution in [-0.4, -0.2) is 73.5 Å². The molecule has 7 nitrogen and oxygen atoms in total. The Kier molecular flexibility index (Phi) is 9.22. The van der Waals surface area contributed by atoms with E-state index < -0.39 is 6.04 Å². The van der Waals surface area contributed by atoms with Crippen molar-refractivity contribution in [1.82, 2.24) is 15.1 Å². The van der Waals surface area contributed by atoms with Gasteiger partial charge in [0.15, 0.2) is 0 Å². The molecule has 0 bridgehead atoms. The Bertz CT molecular complexity index is 526. The van der Waals surface area contributed by atoms with Crippen molar-refractivity contribution in [2.45, 2.75) is 64.8 Å². The predicted octanol–water partition coefficient (Wildman–Crippen LogP) is 1.80. The lowest BCUT2D eigenvalue weighted by Gasteiger charge is -2.37. The number of ether oxygens (including phenoxy) is 1. The average Bonchev–Trinajstić information content (AvgIpc) is 3.23. The monoisotopic (exact) mass is 395 g/mol. The first kappa shape index (κ1) is 22.7. The molecule has 0 radical (unpaired) electrons. The highest BCUT2D eigenvalue weighted by Gasteiger charge is 2.32. The smallest absolute Gasteiger partial charge is 0.246 e. The van der Waals surface area contributed by atoms with Gasteiger partial charge in [-0.2, -0.15) is 0 Å². The Hall–Kier alpha value is -1.63. The van der Waals surface area contributed by atoms with Crippen LogP contribution in [0.4, 0.5) is 0 Å². The summed E-state index contributed by atoms with van der Waals surface area (Å²) in [5.41, 5.74) is 0. The van der Waals surface area contributed by atoms with Gasteiger partial charge >= 0.3 is 0 Å². The van der Waals surface area contributed by atoms with E-state index in [1.807, 2.05) is 18.7 Å². The van der Waals surface area contributed by atoms with Crippen molar-refractivity contribution in [2.24, 2.45) is 11.8 Å². The molecule has 0 spiro atoms. The molecule has 0 aromatic carbocycles. The molecule has 2 fully saturated rings. The molecule has 2 rings (SSSR count). The highest BCUT2D eigenvalue weighted by atomic mass is 16.5. The highest BCUT2D eigenvalue weighted by molar-refractivity contribution is 5.88. The van der Waals surface area contributed by atoms with Gasteiger partial charge in [-0.25, -0.2) is 0 Å². The van der Waals surface area contributed by atoms with Crippen molar-refractivity contribution in [1.29, 1.82) is 0 Å². The summed E-state index contributed by atoms with van der Waals surface area (Å²) in [5, 5.41) is 2.82.